The van der Waals surface area contributed by atoms with E-state index < -0.39 is 25.5 Å². The van der Waals surface area contributed by atoms with E-state index in [0.29, 0.717) is 19.4 Å². The van der Waals surface area contributed by atoms with Crippen molar-refractivity contribution in [3.05, 3.63) is 28.3 Å². The van der Waals surface area contributed by atoms with E-state index in [2.05, 4.69) is 4.72 Å². The van der Waals surface area contributed by atoms with Crippen LogP contribution in [0.5, 0.6) is 0 Å². The van der Waals surface area contributed by atoms with Gasteiger partial charge in [-0.25, -0.2) is 13.1 Å². The summed E-state index contributed by atoms with van der Waals surface area (Å²) in [5.41, 5.74) is 4.73. The number of para-hydroxylation sites is 1. The Morgan fingerprint density at radius 3 is 2.71 bits per heavy atom. The number of nitro groups is 1. The number of anilines is 1. The summed E-state index contributed by atoms with van der Waals surface area (Å²) >= 11 is 0. The summed E-state index contributed by atoms with van der Waals surface area (Å²) in [6.07, 6.45) is 1.16. The van der Waals surface area contributed by atoms with Gasteiger partial charge >= 0.3 is 5.69 Å². The van der Waals surface area contributed by atoms with Gasteiger partial charge in [0.05, 0.1) is 11.0 Å². The molecule has 21 heavy (non-hydrogen) atoms. The Morgan fingerprint density at radius 1 is 1.48 bits per heavy atom. The number of ether oxygens (including phenoxy) is 1. The Kier molecular flexibility index (Phi) is 4.45. The maximum atomic E-state index is 12.3. The molecule has 1 fully saturated rings. The topological polar surface area (TPSA) is 125 Å². The lowest BCUT2D eigenvalue weighted by atomic mass is 9.90. The largest absolute Gasteiger partial charge is 0.393 e. The Morgan fingerprint density at radius 2 is 2.14 bits per heavy atom. The first kappa shape index (κ1) is 15.7. The number of sulfonamides is 1. The van der Waals surface area contributed by atoms with Crippen molar-refractivity contribution < 1.29 is 18.1 Å². The molecule has 116 valence electrons. The van der Waals surface area contributed by atoms with Gasteiger partial charge in [0.1, 0.15) is 5.69 Å². The molecular weight excluding hydrogens is 298 g/mol. The molecule has 0 heterocycles. The second-order valence-electron chi connectivity index (χ2n) is 4.82. The summed E-state index contributed by atoms with van der Waals surface area (Å²) in [5.74, 6) is 0. The van der Waals surface area contributed by atoms with E-state index in [1.165, 1.54) is 18.2 Å². The SMILES string of the molecule is CCOC1CC(NS(=O)(=O)c2cccc(N)c2[N+](=O)[O-])C1. The number of nitro benzene ring substituents is 1. The Balaban J connectivity index is 2.18. The highest BCUT2D eigenvalue weighted by atomic mass is 32.2. The highest BCUT2D eigenvalue weighted by Gasteiger charge is 2.36. The van der Waals surface area contributed by atoms with Gasteiger partial charge < -0.3 is 10.5 Å². The van der Waals surface area contributed by atoms with Gasteiger partial charge in [0.15, 0.2) is 4.90 Å². The lowest BCUT2D eigenvalue weighted by Crippen LogP contribution is -2.47. The molecule has 0 aliphatic heterocycles. The minimum atomic E-state index is -3.98. The molecule has 0 amide bonds. The number of rotatable bonds is 6. The smallest absolute Gasteiger partial charge is 0.312 e. The van der Waals surface area contributed by atoms with Crippen molar-refractivity contribution in [2.24, 2.45) is 0 Å². The number of hydrogen-bond acceptors (Lipinski definition) is 6. The fourth-order valence-corrected chi connectivity index (χ4v) is 3.73. The molecular formula is C12H17N3O5S. The molecule has 0 aromatic heterocycles. The zero-order valence-corrected chi connectivity index (χ0v) is 12.3. The molecule has 0 radical (unpaired) electrons. The van der Waals surface area contributed by atoms with Crippen LogP contribution in [0.15, 0.2) is 23.1 Å². The molecule has 1 aromatic rings. The molecule has 1 aliphatic rings. The first-order valence-corrected chi connectivity index (χ1v) is 8.00. The number of nitrogens with two attached hydrogens (primary N) is 1. The third kappa shape index (κ3) is 3.31. The van der Waals surface area contributed by atoms with Gasteiger partial charge in [-0.15, -0.1) is 0 Å². The third-order valence-electron chi connectivity index (χ3n) is 3.32. The first-order chi connectivity index (χ1) is 9.85. The van der Waals surface area contributed by atoms with Crippen LogP contribution in [0.25, 0.3) is 0 Å². The second kappa shape index (κ2) is 5.96. The molecule has 1 saturated carbocycles. The first-order valence-electron chi connectivity index (χ1n) is 6.52. The van der Waals surface area contributed by atoms with Crippen LogP contribution in [0.1, 0.15) is 19.8 Å². The predicted octanol–water partition coefficient (Wildman–Crippen LogP) is 1.02. The maximum Gasteiger partial charge on any atom is 0.312 e. The molecule has 2 rings (SSSR count). The fourth-order valence-electron chi connectivity index (χ4n) is 2.27. The van der Waals surface area contributed by atoms with Crippen LogP contribution in [-0.2, 0) is 14.8 Å². The van der Waals surface area contributed by atoms with E-state index in [1.54, 1.807) is 0 Å². The van der Waals surface area contributed by atoms with E-state index in [4.69, 9.17) is 10.5 Å². The van der Waals surface area contributed by atoms with Crippen molar-refractivity contribution in [2.45, 2.75) is 36.8 Å². The Bertz CT molecular complexity index is 640. The van der Waals surface area contributed by atoms with E-state index in [9.17, 15) is 18.5 Å². The molecule has 0 saturated heterocycles. The molecule has 9 heteroatoms. The van der Waals surface area contributed by atoms with E-state index in [0.717, 1.165) is 0 Å². The monoisotopic (exact) mass is 315 g/mol. The van der Waals surface area contributed by atoms with Crippen LogP contribution in [-0.4, -0.2) is 32.1 Å². The van der Waals surface area contributed by atoms with Crippen molar-refractivity contribution in [3.8, 4) is 0 Å². The number of nitrogen functional groups attached to an aromatic ring is 1. The highest BCUT2D eigenvalue weighted by molar-refractivity contribution is 7.89. The lowest BCUT2D eigenvalue weighted by Gasteiger charge is -2.34. The van der Waals surface area contributed by atoms with E-state index in [1.807, 2.05) is 6.92 Å². The highest BCUT2D eigenvalue weighted by Crippen LogP contribution is 2.31. The zero-order valence-electron chi connectivity index (χ0n) is 11.5. The minimum absolute atomic E-state index is 0.0403. The average molecular weight is 315 g/mol. The van der Waals surface area contributed by atoms with Gasteiger partial charge in [-0.05, 0) is 31.9 Å². The van der Waals surface area contributed by atoms with Crippen LogP contribution < -0.4 is 10.5 Å². The molecule has 3 N–H and O–H groups in total. The predicted molar refractivity (Wildman–Crippen MR) is 76.3 cm³/mol. The van der Waals surface area contributed by atoms with Crippen LogP contribution in [0.4, 0.5) is 11.4 Å². The van der Waals surface area contributed by atoms with E-state index in [-0.39, 0.29) is 17.8 Å². The minimum Gasteiger partial charge on any atom is -0.393 e. The van der Waals surface area contributed by atoms with Crippen LogP contribution in [0.2, 0.25) is 0 Å². The molecule has 0 atom stereocenters. The third-order valence-corrected chi connectivity index (χ3v) is 4.87. The zero-order chi connectivity index (χ0) is 15.6. The number of benzene rings is 1. The summed E-state index contributed by atoms with van der Waals surface area (Å²) in [6.45, 7) is 2.44. The quantitative estimate of drug-likeness (QED) is 0.459. The number of nitrogens with one attached hydrogen (secondary N) is 1. The maximum absolute atomic E-state index is 12.3. The summed E-state index contributed by atoms with van der Waals surface area (Å²) in [5, 5.41) is 11.0. The van der Waals surface area contributed by atoms with Crippen molar-refractivity contribution in [1.82, 2.24) is 4.72 Å². The van der Waals surface area contributed by atoms with Crippen LogP contribution in [0.3, 0.4) is 0 Å². The Labute approximate surface area is 122 Å². The molecule has 0 spiro atoms. The van der Waals surface area contributed by atoms with Gasteiger partial charge in [-0.3, -0.25) is 10.1 Å². The van der Waals surface area contributed by atoms with Crippen molar-refractivity contribution in [3.63, 3.8) is 0 Å². The standard InChI is InChI=1S/C12H17N3O5S/c1-2-20-9-6-8(7-9)14-21(18,19)11-5-3-4-10(13)12(11)15(16)17/h3-5,8-9,14H,2,6-7,13H2,1H3. The van der Waals surface area contributed by atoms with Gasteiger partial charge in [-0.1, -0.05) is 6.07 Å². The summed E-state index contributed by atoms with van der Waals surface area (Å²) in [7, 11) is -3.98. The van der Waals surface area contributed by atoms with Crippen molar-refractivity contribution in [2.75, 3.05) is 12.3 Å². The van der Waals surface area contributed by atoms with Crippen molar-refractivity contribution >= 4 is 21.4 Å². The number of hydrogen-bond donors (Lipinski definition) is 2. The summed E-state index contributed by atoms with van der Waals surface area (Å²) < 4.78 is 32.3. The Hall–Kier alpha value is -1.71. The molecule has 1 aliphatic carbocycles. The number of nitrogens with zero attached hydrogens (tertiary/aromatic N) is 1. The van der Waals surface area contributed by atoms with Gasteiger partial charge in [-0.2, -0.15) is 0 Å². The molecule has 0 bridgehead atoms. The van der Waals surface area contributed by atoms with Gasteiger partial charge in [0, 0.05) is 12.6 Å². The van der Waals surface area contributed by atoms with Gasteiger partial charge in [0.2, 0.25) is 10.0 Å². The normalized spacial score (nSPS) is 21.8. The molecule has 8 nitrogen and oxygen atoms in total. The van der Waals surface area contributed by atoms with Crippen LogP contribution >= 0.6 is 0 Å². The second-order valence-corrected chi connectivity index (χ2v) is 6.50. The summed E-state index contributed by atoms with van der Waals surface area (Å²) in [4.78, 5) is 9.82. The van der Waals surface area contributed by atoms with Crippen molar-refractivity contribution in [1.29, 1.82) is 0 Å². The van der Waals surface area contributed by atoms with Gasteiger partial charge in [0.25, 0.3) is 0 Å². The molecule has 0 unspecified atom stereocenters. The lowest BCUT2D eigenvalue weighted by molar-refractivity contribution is -0.386. The average Bonchev–Trinajstić information content (AvgIpc) is 2.35. The summed E-state index contributed by atoms with van der Waals surface area (Å²) in [6, 6.07) is 3.58. The van der Waals surface area contributed by atoms with E-state index >= 15 is 0 Å². The van der Waals surface area contributed by atoms with Crippen LogP contribution in [0, 0.1) is 10.1 Å². The fraction of sp³-hybridized carbons (Fsp3) is 0.500. The molecule has 1 aromatic carbocycles.